The molecule has 1 heterocycles. The van der Waals surface area contributed by atoms with Crippen LogP contribution in [0.2, 0.25) is 0 Å². The van der Waals surface area contributed by atoms with Crippen molar-refractivity contribution in [3.05, 3.63) is 91.1 Å². The van der Waals surface area contributed by atoms with E-state index in [2.05, 4.69) is 113 Å². The molecule has 0 saturated carbocycles. The van der Waals surface area contributed by atoms with E-state index in [-0.39, 0.29) is 30.9 Å². The first-order chi connectivity index (χ1) is 19.7. The predicted molar refractivity (Wildman–Crippen MR) is 175 cm³/mol. The van der Waals surface area contributed by atoms with E-state index in [0.717, 1.165) is 36.9 Å². The van der Waals surface area contributed by atoms with Crippen molar-refractivity contribution in [1.82, 2.24) is 4.98 Å². The Bertz CT molecular complexity index is 1520. The largest absolute Gasteiger partial charge is 0.392 e. The van der Waals surface area contributed by atoms with Gasteiger partial charge in [0.25, 0.3) is 0 Å². The number of hydrogen-bond donors (Lipinski definition) is 2. The molecule has 0 aliphatic rings. The van der Waals surface area contributed by atoms with Gasteiger partial charge in [-0.15, -0.1) is 23.8 Å². The number of fused-ring (bicyclic) bond motifs is 6. The van der Waals surface area contributed by atoms with Gasteiger partial charge < -0.3 is 15.2 Å². The van der Waals surface area contributed by atoms with E-state index < -0.39 is 12.2 Å². The molecule has 225 valence electrons. The zero-order valence-corrected chi connectivity index (χ0v) is 28.3. The van der Waals surface area contributed by atoms with Crippen LogP contribution in [-0.2, 0) is 20.1 Å². The minimum Gasteiger partial charge on any atom is -0.392 e. The third-order valence-corrected chi connectivity index (χ3v) is 9.90. The molecule has 1 aromatic heterocycles. The van der Waals surface area contributed by atoms with Gasteiger partial charge in [-0.3, -0.25) is 0 Å². The topological polar surface area (TPSA) is 53.4 Å². The van der Waals surface area contributed by atoms with Gasteiger partial charge in [0.15, 0.2) is 0 Å². The van der Waals surface area contributed by atoms with Crippen LogP contribution in [0.5, 0.6) is 0 Å². The summed E-state index contributed by atoms with van der Waals surface area (Å²) >= 11 is 0. The average molecular weight is 741 g/mol. The number of benzene rings is 4. The van der Waals surface area contributed by atoms with E-state index in [1.165, 1.54) is 32.3 Å². The number of pyridine rings is 1. The van der Waals surface area contributed by atoms with Crippen molar-refractivity contribution in [2.45, 2.75) is 85.9 Å². The Morgan fingerprint density at radius 1 is 0.643 bits per heavy atom. The fraction of sp³-hybridized carbons (Fsp3) is 0.395. The van der Waals surface area contributed by atoms with Gasteiger partial charge in [-0.05, 0) is 64.4 Å². The predicted octanol–water partition coefficient (Wildman–Crippen LogP) is 9.76. The van der Waals surface area contributed by atoms with Crippen LogP contribution in [0.4, 0.5) is 0 Å². The van der Waals surface area contributed by atoms with Gasteiger partial charge in [-0.25, -0.2) is 0 Å². The van der Waals surface area contributed by atoms with Gasteiger partial charge in [0.2, 0.25) is 0 Å². The molecule has 2 N–H and O–H groups in total. The molecule has 0 aliphatic heterocycles. The van der Waals surface area contributed by atoms with Crippen LogP contribution in [0.1, 0.15) is 73.6 Å². The first kappa shape index (κ1) is 33.9. The van der Waals surface area contributed by atoms with E-state index >= 15 is 0 Å². The van der Waals surface area contributed by atoms with E-state index in [0.29, 0.717) is 6.42 Å². The summed E-state index contributed by atoms with van der Waals surface area (Å²) in [6.07, 6.45) is 5.30. The summed E-state index contributed by atoms with van der Waals surface area (Å²) in [5.41, 5.74) is 1.85. The number of aromatic nitrogens is 1. The molecule has 2 unspecified atom stereocenters. The molecule has 0 bridgehead atoms. The Labute approximate surface area is 265 Å². The quantitative estimate of drug-likeness (QED) is 0.117. The second-order valence-electron chi connectivity index (χ2n) is 12.0. The minimum atomic E-state index is -0.412. The van der Waals surface area contributed by atoms with Gasteiger partial charge >= 0.3 is 0 Å². The van der Waals surface area contributed by atoms with Crippen LogP contribution in [0.25, 0.3) is 43.6 Å². The molecule has 4 aromatic carbocycles. The van der Waals surface area contributed by atoms with Crippen molar-refractivity contribution in [1.29, 1.82) is 0 Å². The Kier molecular flexibility index (Phi) is 11.9. The van der Waals surface area contributed by atoms with Crippen LogP contribution >= 0.6 is 0 Å². The second-order valence-corrected chi connectivity index (χ2v) is 12.0. The number of rotatable bonds is 9. The summed E-state index contributed by atoms with van der Waals surface area (Å²) in [6, 6.07) is 30.9. The number of aliphatic hydroxyl groups excluding tert-OH is 2. The SMILES string of the molecule is CCC(C)(CC)C(O)CC(O)C(C)(CC)CC.[Ir].[c-]1cc2c3ccccc3c3ccccc3c2cc1-c1ccccn1. The third-order valence-electron chi connectivity index (χ3n) is 9.90. The van der Waals surface area contributed by atoms with E-state index in [1.54, 1.807) is 0 Å². The van der Waals surface area contributed by atoms with Gasteiger partial charge in [0.1, 0.15) is 0 Å². The molecular formula is C38H46IrNO2-. The zero-order valence-electron chi connectivity index (χ0n) is 25.9. The van der Waals surface area contributed by atoms with Crippen molar-refractivity contribution < 1.29 is 30.3 Å². The van der Waals surface area contributed by atoms with E-state index in [9.17, 15) is 10.2 Å². The molecule has 1 radical (unpaired) electrons. The molecule has 0 fully saturated rings. The molecule has 5 aromatic rings. The molecule has 2 atom stereocenters. The molecule has 0 spiro atoms. The first-order valence-corrected chi connectivity index (χ1v) is 15.2. The third kappa shape index (κ3) is 6.95. The van der Waals surface area contributed by atoms with Gasteiger partial charge in [0, 0.05) is 32.7 Å². The Morgan fingerprint density at radius 3 is 1.50 bits per heavy atom. The maximum Gasteiger partial charge on any atom is 0.0618 e. The maximum absolute atomic E-state index is 10.3. The van der Waals surface area contributed by atoms with E-state index in [1.807, 2.05) is 24.4 Å². The Balaban J connectivity index is 0.000000242. The maximum atomic E-state index is 10.3. The Morgan fingerprint density at radius 2 is 1.07 bits per heavy atom. The summed E-state index contributed by atoms with van der Waals surface area (Å²) in [6.45, 7) is 12.7. The van der Waals surface area contributed by atoms with Gasteiger partial charge in [-0.1, -0.05) is 118 Å². The minimum absolute atomic E-state index is 0. The first-order valence-electron chi connectivity index (χ1n) is 15.2. The summed E-state index contributed by atoms with van der Waals surface area (Å²) in [5.74, 6) is 0. The summed E-state index contributed by atoms with van der Waals surface area (Å²) in [7, 11) is 0. The number of aliphatic hydroxyl groups is 2. The van der Waals surface area contributed by atoms with Crippen molar-refractivity contribution in [3.8, 4) is 11.3 Å². The molecule has 0 saturated heterocycles. The van der Waals surface area contributed by atoms with Crippen LogP contribution < -0.4 is 0 Å². The zero-order chi connectivity index (χ0) is 29.6. The fourth-order valence-electron chi connectivity index (χ4n) is 5.74. The molecule has 3 nitrogen and oxygen atoms in total. The van der Waals surface area contributed by atoms with Gasteiger partial charge in [0.05, 0.1) is 12.2 Å². The van der Waals surface area contributed by atoms with Crippen molar-refractivity contribution in [2.75, 3.05) is 0 Å². The van der Waals surface area contributed by atoms with Crippen LogP contribution in [-0.4, -0.2) is 27.4 Å². The van der Waals surface area contributed by atoms with Crippen LogP contribution in [0.3, 0.4) is 0 Å². The molecule has 5 rings (SSSR count). The van der Waals surface area contributed by atoms with Crippen LogP contribution in [0.15, 0.2) is 85.1 Å². The summed E-state index contributed by atoms with van der Waals surface area (Å²) in [4.78, 5) is 4.47. The van der Waals surface area contributed by atoms with Crippen molar-refractivity contribution >= 4 is 32.3 Å². The summed E-state index contributed by atoms with van der Waals surface area (Å²) < 4.78 is 0. The normalized spacial score (nSPS) is 13.3. The second kappa shape index (κ2) is 14.7. The standard InChI is InChI=1S/C23H14N.C15H32O2.Ir/c1-2-9-19-17(7-1)18-8-3-4-10-20(18)22-15-16(12-13-21(19)22)23-11-5-6-14-24-23;1-7-14(5,8-2)12(16)11-13(17)15(6,9-3)10-4;/h1-11,13-15H;12-13,16-17H,7-11H2,1-6H3;/q-1;;. The monoisotopic (exact) mass is 741 g/mol. The van der Waals surface area contributed by atoms with Crippen LogP contribution in [0, 0.1) is 16.9 Å². The van der Waals surface area contributed by atoms with Crippen molar-refractivity contribution in [2.24, 2.45) is 10.8 Å². The molecular weight excluding hydrogens is 695 g/mol. The van der Waals surface area contributed by atoms with Gasteiger partial charge in [-0.2, -0.15) is 0 Å². The summed E-state index contributed by atoms with van der Waals surface area (Å²) in [5, 5.41) is 28.3. The van der Waals surface area contributed by atoms with E-state index in [4.69, 9.17) is 0 Å². The Hall–Kier alpha value is -2.62. The molecule has 42 heavy (non-hydrogen) atoms. The fourth-order valence-corrected chi connectivity index (χ4v) is 5.74. The molecule has 4 heteroatoms. The number of nitrogens with zero attached hydrogens (tertiary/aromatic N) is 1. The average Bonchev–Trinajstić information content (AvgIpc) is 3.04. The van der Waals surface area contributed by atoms with Crippen molar-refractivity contribution in [3.63, 3.8) is 0 Å². The molecule has 0 amide bonds. The smallest absolute Gasteiger partial charge is 0.0618 e. The number of hydrogen-bond acceptors (Lipinski definition) is 3. The molecule has 0 aliphatic carbocycles.